The van der Waals surface area contributed by atoms with E-state index >= 15 is 0 Å². The average Bonchev–Trinajstić information content (AvgIpc) is 2.90. The summed E-state index contributed by atoms with van der Waals surface area (Å²) >= 11 is 0. The summed E-state index contributed by atoms with van der Waals surface area (Å²) in [5.74, 6) is -1.81. The Morgan fingerprint density at radius 1 is 1.00 bits per heavy atom. The quantitative estimate of drug-likeness (QED) is 0.937. The molecule has 0 spiro atoms. The van der Waals surface area contributed by atoms with Crippen LogP contribution in [0.4, 0.5) is 5.69 Å². The highest BCUT2D eigenvalue weighted by Gasteiger charge is 2.24. The van der Waals surface area contributed by atoms with E-state index in [-0.39, 0.29) is 11.1 Å². The van der Waals surface area contributed by atoms with Crippen LogP contribution >= 0.6 is 0 Å². The molecule has 0 radical (unpaired) electrons. The Balaban J connectivity index is 1.84. The van der Waals surface area contributed by atoms with Crippen molar-refractivity contribution in [2.45, 2.75) is 6.42 Å². The lowest BCUT2D eigenvalue weighted by Crippen LogP contribution is -2.26. The van der Waals surface area contributed by atoms with Crippen molar-refractivity contribution in [1.82, 2.24) is 0 Å². The molecule has 1 N–H and O–H groups in total. The molecular formula is C16H13NO4. The van der Waals surface area contributed by atoms with E-state index in [0.29, 0.717) is 6.54 Å². The average molecular weight is 283 g/mol. The number of hydrogen-bond donors (Lipinski definition) is 1. The fourth-order valence-electron chi connectivity index (χ4n) is 2.40. The number of fused-ring (bicyclic) bond motifs is 1. The van der Waals surface area contributed by atoms with Crippen molar-refractivity contribution in [2.75, 3.05) is 11.6 Å². The van der Waals surface area contributed by atoms with Crippen molar-refractivity contribution < 1.29 is 19.5 Å². The predicted octanol–water partition coefficient (Wildman–Crippen LogP) is 2.52. The van der Waals surface area contributed by atoms with E-state index in [1.165, 1.54) is 17.2 Å². The summed E-state index contributed by atoms with van der Waals surface area (Å²) in [6.45, 7) is 0.570. The molecule has 106 valence electrons. The minimum Gasteiger partial charge on any atom is -0.478 e. The first-order chi connectivity index (χ1) is 10.2. The highest BCUT2D eigenvalue weighted by Crippen LogP contribution is 2.28. The van der Waals surface area contributed by atoms with Gasteiger partial charge in [0.2, 0.25) is 0 Å². The molecule has 0 fully saturated rings. The molecule has 0 aliphatic carbocycles. The van der Waals surface area contributed by atoms with E-state index in [1.807, 2.05) is 24.3 Å². The number of aromatic carboxylic acids is 1. The molecule has 0 unspecified atom stereocenters. The van der Waals surface area contributed by atoms with Crippen LogP contribution in [0, 0.1) is 0 Å². The van der Waals surface area contributed by atoms with Gasteiger partial charge in [-0.2, -0.15) is 0 Å². The van der Waals surface area contributed by atoms with Crippen LogP contribution in [0.3, 0.4) is 0 Å². The van der Waals surface area contributed by atoms with Gasteiger partial charge < -0.3 is 9.94 Å². The highest BCUT2D eigenvalue weighted by atomic mass is 16.7. The number of carboxylic acids is 1. The zero-order valence-corrected chi connectivity index (χ0v) is 11.2. The van der Waals surface area contributed by atoms with Gasteiger partial charge in [-0.15, -0.1) is 0 Å². The largest absolute Gasteiger partial charge is 0.478 e. The topological polar surface area (TPSA) is 66.8 Å². The van der Waals surface area contributed by atoms with Crippen molar-refractivity contribution in [1.29, 1.82) is 0 Å². The van der Waals surface area contributed by atoms with Crippen LogP contribution < -0.4 is 5.06 Å². The molecule has 0 atom stereocenters. The van der Waals surface area contributed by atoms with Gasteiger partial charge in [0.15, 0.2) is 0 Å². The molecule has 0 amide bonds. The van der Waals surface area contributed by atoms with Crippen LogP contribution in [0.2, 0.25) is 0 Å². The van der Waals surface area contributed by atoms with Crippen LogP contribution in [0.25, 0.3) is 0 Å². The van der Waals surface area contributed by atoms with Gasteiger partial charge in [0.1, 0.15) is 0 Å². The van der Waals surface area contributed by atoms with E-state index < -0.39 is 11.9 Å². The third-order valence-electron chi connectivity index (χ3n) is 3.42. The number of nitrogens with zero attached hydrogens (tertiary/aromatic N) is 1. The molecule has 5 nitrogen and oxygen atoms in total. The van der Waals surface area contributed by atoms with Gasteiger partial charge in [-0.3, -0.25) is 0 Å². The van der Waals surface area contributed by atoms with Gasteiger partial charge in [-0.05, 0) is 30.2 Å². The molecule has 0 saturated carbocycles. The number of anilines is 1. The van der Waals surface area contributed by atoms with E-state index in [0.717, 1.165) is 17.7 Å². The molecule has 2 aromatic rings. The third-order valence-corrected chi connectivity index (χ3v) is 3.42. The minimum absolute atomic E-state index is 0.0504. The van der Waals surface area contributed by atoms with Crippen molar-refractivity contribution in [2.24, 2.45) is 0 Å². The maximum Gasteiger partial charge on any atom is 0.363 e. The van der Waals surface area contributed by atoms with Gasteiger partial charge in [0.05, 0.1) is 23.4 Å². The Hall–Kier alpha value is -2.82. The first kappa shape index (κ1) is 13.2. The molecule has 0 bridgehead atoms. The number of carbonyl (C=O) groups excluding carboxylic acids is 1. The normalized spacial score (nSPS) is 12.9. The zero-order chi connectivity index (χ0) is 14.8. The molecule has 1 aliphatic heterocycles. The fraction of sp³-hybridized carbons (Fsp3) is 0.125. The number of carboxylic acid groups (broad SMARTS) is 1. The van der Waals surface area contributed by atoms with Gasteiger partial charge in [-0.1, -0.05) is 30.3 Å². The lowest BCUT2D eigenvalue weighted by molar-refractivity contribution is 0.0452. The Labute approximate surface area is 121 Å². The lowest BCUT2D eigenvalue weighted by atomic mass is 10.1. The second-order valence-corrected chi connectivity index (χ2v) is 4.71. The summed E-state index contributed by atoms with van der Waals surface area (Å²) in [5.41, 5.74) is 1.94. The van der Waals surface area contributed by atoms with Crippen molar-refractivity contribution in [3.05, 3.63) is 65.2 Å². The second-order valence-electron chi connectivity index (χ2n) is 4.71. The molecular weight excluding hydrogens is 270 g/mol. The van der Waals surface area contributed by atoms with Crippen LogP contribution in [-0.4, -0.2) is 23.6 Å². The fourth-order valence-corrected chi connectivity index (χ4v) is 2.40. The molecule has 21 heavy (non-hydrogen) atoms. The molecule has 1 heterocycles. The van der Waals surface area contributed by atoms with E-state index in [4.69, 9.17) is 9.94 Å². The van der Waals surface area contributed by atoms with Crippen molar-refractivity contribution in [3.63, 3.8) is 0 Å². The number of para-hydroxylation sites is 1. The summed E-state index contributed by atoms with van der Waals surface area (Å²) in [4.78, 5) is 28.7. The minimum atomic E-state index is -1.15. The van der Waals surface area contributed by atoms with E-state index in [9.17, 15) is 9.59 Å². The summed E-state index contributed by atoms with van der Waals surface area (Å²) in [6, 6.07) is 13.7. The first-order valence-electron chi connectivity index (χ1n) is 6.57. The van der Waals surface area contributed by atoms with Gasteiger partial charge >= 0.3 is 11.9 Å². The molecule has 5 heteroatoms. The molecule has 2 aromatic carbocycles. The monoisotopic (exact) mass is 283 g/mol. The standard InChI is InChI=1S/C16H13NO4/c18-15(19)12-6-2-3-7-13(12)16(20)21-17-10-9-11-5-1-4-8-14(11)17/h1-8H,9-10H2,(H,18,19). The third kappa shape index (κ3) is 2.45. The first-order valence-corrected chi connectivity index (χ1v) is 6.57. The second kappa shape index (κ2) is 5.28. The van der Waals surface area contributed by atoms with Crippen LogP contribution in [0.5, 0.6) is 0 Å². The SMILES string of the molecule is O=C(O)c1ccccc1C(=O)ON1CCc2ccccc21. The van der Waals surface area contributed by atoms with Gasteiger partial charge in [0.25, 0.3) is 0 Å². The zero-order valence-electron chi connectivity index (χ0n) is 11.2. The summed E-state index contributed by atoms with van der Waals surface area (Å²) in [7, 11) is 0. The Morgan fingerprint density at radius 3 is 2.43 bits per heavy atom. The number of rotatable bonds is 3. The summed E-state index contributed by atoms with van der Waals surface area (Å²) < 4.78 is 0. The molecule has 0 aromatic heterocycles. The molecule has 3 rings (SSSR count). The number of hydrogen-bond acceptors (Lipinski definition) is 4. The Kier molecular flexibility index (Phi) is 3.31. The maximum atomic E-state index is 12.2. The van der Waals surface area contributed by atoms with E-state index in [2.05, 4.69) is 0 Å². The molecule has 0 saturated heterocycles. The maximum absolute atomic E-state index is 12.2. The van der Waals surface area contributed by atoms with Gasteiger partial charge in [0, 0.05) is 0 Å². The van der Waals surface area contributed by atoms with E-state index in [1.54, 1.807) is 12.1 Å². The predicted molar refractivity (Wildman–Crippen MR) is 76.3 cm³/mol. The number of carbonyl (C=O) groups is 2. The smallest absolute Gasteiger partial charge is 0.363 e. The number of benzene rings is 2. The molecule has 1 aliphatic rings. The summed E-state index contributed by atoms with van der Waals surface area (Å²) in [5, 5.41) is 10.6. The van der Waals surface area contributed by atoms with Crippen molar-refractivity contribution >= 4 is 17.6 Å². The highest BCUT2D eigenvalue weighted by molar-refractivity contribution is 6.02. The Bertz CT molecular complexity index is 711. The van der Waals surface area contributed by atoms with Crippen LogP contribution in [0.1, 0.15) is 26.3 Å². The van der Waals surface area contributed by atoms with Crippen molar-refractivity contribution in [3.8, 4) is 0 Å². The number of hydroxylamine groups is 1. The van der Waals surface area contributed by atoms with Gasteiger partial charge in [-0.25, -0.2) is 14.7 Å². The Morgan fingerprint density at radius 2 is 1.67 bits per heavy atom. The summed E-state index contributed by atoms with van der Waals surface area (Å²) in [6.07, 6.45) is 0.796. The van der Waals surface area contributed by atoms with Crippen LogP contribution in [-0.2, 0) is 11.3 Å². The lowest BCUT2D eigenvalue weighted by Gasteiger charge is -2.18. The van der Waals surface area contributed by atoms with Crippen LogP contribution in [0.15, 0.2) is 48.5 Å².